The molecule has 0 aliphatic rings. The van der Waals surface area contributed by atoms with Crippen LogP contribution in [0.1, 0.15) is 51.9 Å². The number of Topliss-reactive ketones (excluding diaryl/α,β-unsaturated/α-hetero) is 1. The zero-order valence-electron chi connectivity index (χ0n) is 24.5. The number of fused-ring (bicyclic) bond motifs is 1. The number of amides is 1. The highest BCUT2D eigenvalue weighted by Crippen LogP contribution is 2.40. The number of carbonyl (C=O) groups is 2. The molecule has 4 rings (SSSR count). The zero-order valence-corrected chi connectivity index (χ0v) is 26.1. The Bertz CT molecular complexity index is 1800. The predicted molar refractivity (Wildman–Crippen MR) is 170 cm³/mol. The molecule has 0 bridgehead atoms. The van der Waals surface area contributed by atoms with E-state index in [1.807, 2.05) is 39.0 Å². The van der Waals surface area contributed by atoms with Gasteiger partial charge in [0, 0.05) is 11.1 Å². The number of carbonyl (C=O) groups excluding carboxylic acids is 2. The number of sulfonamides is 1. The fourth-order valence-electron chi connectivity index (χ4n) is 4.55. The van der Waals surface area contributed by atoms with Gasteiger partial charge >= 0.3 is 0 Å². The van der Waals surface area contributed by atoms with E-state index in [2.05, 4.69) is 16.6 Å². The number of ether oxygens (including phenoxy) is 2. The average molecular weight is 607 g/mol. The maximum absolute atomic E-state index is 13.5. The first-order valence-corrected chi connectivity index (χ1v) is 15.8. The van der Waals surface area contributed by atoms with Gasteiger partial charge in [-0.2, -0.15) is 0 Å². The molecule has 0 radical (unpaired) electrons. The van der Waals surface area contributed by atoms with Crippen molar-refractivity contribution in [3.63, 3.8) is 0 Å². The Hall–Kier alpha value is -4.15. The van der Waals surface area contributed by atoms with Gasteiger partial charge in [-0.1, -0.05) is 51.6 Å². The van der Waals surface area contributed by atoms with Gasteiger partial charge in [0.2, 0.25) is 10.0 Å². The summed E-state index contributed by atoms with van der Waals surface area (Å²) in [5.74, 6) is 0.106. The molecular formula is C32H34N2O6S2. The van der Waals surface area contributed by atoms with Gasteiger partial charge in [0.15, 0.2) is 11.5 Å². The predicted octanol–water partition coefficient (Wildman–Crippen LogP) is 6.82. The fraction of sp³-hybridized carbons (Fsp3) is 0.250. The normalized spacial score (nSPS) is 11.7. The van der Waals surface area contributed by atoms with Crippen LogP contribution in [0.15, 0.2) is 72.8 Å². The molecular weight excluding hydrogens is 572 g/mol. The minimum absolute atomic E-state index is 0.203. The molecule has 0 saturated carbocycles. The minimum atomic E-state index is -3.61. The topological polar surface area (TPSA) is 111 Å². The lowest BCUT2D eigenvalue weighted by molar-refractivity contribution is 0.102. The van der Waals surface area contributed by atoms with E-state index in [0.29, 0.717) is 33.9 Å². The van der Waals surface area contributed by atoms with Gasteiger partial charge in [-0.3, -0.25) is 14.3 Å². The second-order valence-electron chi connectivity index (χ2n) is 10.9. The summed E-state index contributed by atoms with van der Waals surface area (Å²) in [6.45, 7) is 10.0. The van der Waals surface area contributed by atoms with Gasteiger partial charge in [0.1, 0.15) is 5.75 Å². The molecule has 1 aromatic heterocycles. The number of hydrogen-bond donors (Lipinski definition) is 2. The van der Waals surface area contributed by atoms with Gasteiger partial charge in [-0.05, 0) is 63.9 Å². The summed E-state index contributed by atoms with van der Waals surface area (Å²) in [4.78, 5) is 27.1. The summed E-state index contributed by atoms with van der Waals surface area (Å²) >= 11 is 1.32. The molecule has 0 atom stereocenters. The van der Waals surface area contributed by atoms with Crippen molar-refractivity contribution < 1.29 is 27.5 Å². The molecule has 220 valence electrons. The summed E-state index contributed by atoms with van der Waals surface area (Å²) in [5, 5.41) is 3.76. The lowest BCUT2D eigenvalue weighted by atomic mass is 9.86. The number of para-hydroxylation sites is 1. The summed E-state index contributed by atoms with van der Waals surface area (Å²) in [6.07, 6.45) is 1.36. The molecule has 0 spiro atoms. The number of benzene rings is 3. The molecule has 1 amide bonds. The number of methoxy groups -OCH3 is 2. The molecule has 42 heavy (non-hydrogen) atoms. The fourth-order valence-corrected chi connectivity index (χ4v) is 6.11. The van der Waals surface area contributed by atoms with E-state index >= 15 is 0 Å². The van der Waals surface area contributed by atoms with E-state index < -0.39 is 10.0 Å². The van der Waals surface area contributed by atoms with E-state index in [9.17, 15) is 18.0 Å². The van der Waals surface area contributed by atoms with Crippen molar-refractivity contribution in [1.29, 1.82) is 0 Å². The van der Waals surface area contributed by atoms with Crippen LogP contribution in [0.25, 0.3) is 10.1 Å². The Morgan fingerprint density at radius 2 is 1.64 bits per heavy atom. The molecule has 0 saturated heterocycles. The van der Waals surface area contributed by atoms with Crippen LogP contribution in [0, 0.1) is 0 Å². The van der Waals surface area contributed by atoms with Crippen molar-refractivity contribution >= 4 is 54.5 Å². The van der Waals surface area contributed by atoms with Gasteiger partial charge in [0.25, 0.3) is 5.91 Å². The number of hydrogen-bond acceptors (Lipinski definition) is 7. The second kappa shape index (κ2) is 12.0. The van der Waals surface area contributed by atoms with Crippen LogP contribution < -0.4 is 19.5 Å². The first-order valence-electron chi connectivity index (χ1n) is 13.1. The highest BCUT2D eigenvalue weighted by molar-refractivity contribution is 7.92. The van der Waals surface area contributed by atoms with E-state index in [4.69, 9.17) is 9.47 Å². The van der Waals surface area contributed by atoms with Crippen LogP contribution >= 0.6 is 11.3 Å². The van der Waals surface area contributed by atoms with Gasteiger partial charge < -0.3 is 14.8 Å². The second-order valence-corrected chi connectivity index (χ2v) is 13.8. The highest BCUT2D eigenvalue weighted by Gasteiger charge is 2.23. The molecule has 1 heterocycles. The minimum Gasteiger partial charge on any atom is -0.496 e. The van der Waals surface area contributed by atoms with Crippen molar-refractivity contribution in [3.8, 4) is 11.5 Å². The van der Waals surface area contributed by atoms with E-state index in [1.54, 1.807) is 42.5 Å². The molecule has 0 unspecified atom stereocenters. The van der Waals surface area contributed by atoms with Gasteiger partial charge in [-0.15, -0.1) is 11.3 Å². The standard InChI is InChI=1S/C32H34N2O6S2/c1-19(29(35)22-12-8-9-13-26(22)39-5)15-20-11-10-14-27-23(20)18-28(41-27)31(36)33-24-16-21(32(2,3)4)17-25(30(24)40-6)34-42(7,37)38/h8-14,16-18,34H,1,15H2,2-7H3,(H,33,36). The Balaban J connectivity index is 1.66. The third-order valence-electron chi connectivity index (χ3n) is 6.65. The van der Waals surface area contributed by atoms with Crippen LogP contribution in [0.5, 0.6) is 11.5 Å². The number of anilines is 2. The molecule has 10 heteroatoms. The lowest BCUT2D eigenvalue weighted by Gasteiger charge is -2.23. The third kappa shape index (κ3) is 6.83. The molecule has 0 fully saturated rings. The van der Waals surface area contributed by atoms with Crippen molar-refractivity contribution in [2.75, 3.05) is 30.5 Å². The number of ketones is 1. The van der Waals surface area contributed by atoms with Crippen LogP contribution in [0.2, 0.25) is 0 Å². The molecule has 4 aromatic rings. The maximum Gasteiger partial charge on any atom is 0.265 e. The molecule has 0 aliphatic heterocycles. The smallest absolute Gasteiger partial charge is 0.265 e. The maximum atomic E-state index is 13.5. The zero-order chi connectivity index (χ0) is 30.8. The SMILES string of the molecule is C=C(Cc1cccc2sc(C(=O)Nc3cc(C(C)(C)C)cc(NS(C)(=O)=O)c3OC)cc12)C(=O)c1ccccc1OC. The number of thiophene rings is 1. The Morgan fingerprint density at radius 3 is 2.29 bits per heavy atom. The molecule has 0 aliphatic carbocycles. The number of rotatable bonds is 10. The van der Waals surface area contributed by atoms with Crippen molar-refractivity contribution in [1.82, 2.24) is 0 Å². The number of allylic oxidation sites excluding steroid dienone is 1. The first kappa shape index (κ1) is 30.8. The van der Waals surface area contributed by atoms with Crippen molar-refractivity contribution in [3.05, 3.63) is 94.4 Å². The molecule has 2 N–H and O–H groups in total. The molecule has 3 aromatic carbocycles. The number of nitrogens with one attached hydrogen (secondary N) is 2. The highest BCUT2D eigenvalue weighted by atomic mass is 32.2. The van der Waals surface area contributed by atoms with Crippen LogP contribution in [-0.2, 0) is 21.9 Å². The van der Waals surface area contributed by atoms with Crippen LogP contribution in [0.3, 0.4) is 0 Å². The van der Waals surface area contributed by atoms with Gasteiger partial charge in [-0.25, -0.2) is 8.42 Å². The summed E-state index contributed by atoms with van der Waals surface area (Å²) in [5.41, 5.74) is 2.76. The lowest BCUT2D eigenvalue weighted by Crippen LogP contribution is -2.18. The summed E-state index contributed by atoms with van der Waals surface area (Å²) in [7, 11) is -0.672. The molecule has 8 nitrogen and oxygen atoms in total. The monoisotopic (exact) mass is 606 g/mol. The van der Waals surface area contributed by atoms with Crippen LogP contribution in [0.4, 0.5) is 11.4 Å². The third-order valence-corrected chi connectivity index (χ3v) is 8.34. The summed E-state index contributed by atoms with van der Waals surface area (Å²) < 4.78 is 38.4. The Morgan fingerprint density at radius 1 is 0.952 bits per heavy atom. The van der Waals surface area contributed by atoms with E-state index in [1.165, 1.54) is 25.6 Å². The quantitative estimate of drug-likeness (QED) is 0.151. The Labute approximate surface area is 250 Å². The van der Waals surface area contributed by atoms with E-state index in [-0.39, 0.29) is 28.5 Å². The largest absolute Gasteiger partial charge is 0.496 e. The van der Waals surface area contributed by atoms with E-state index in [0.717, 1.165) is 27.5 Å². The first-order chi connectivity index (χ1) is 19.7. The van der Waals surface area contributed by atoms with Crippen LogP contribution in [-0.4, -0.2) is 40.6 Å². The van der Waals surface area contributed by atoms with Gasteiger partial charge in [0.05, 0.1) is 42.3 Å². The van der Waals surface area contributed by atoms with Crippen molar-refractivity contribution in [2.45, 2.75) is 32.6 Å². The average Bonchev–Trinajstić information content (AvgIpc) is 3.37. The van der Waals surface area contributed by atoms with Crippen molar-refractivity contribution in [2.24, 2.45) is 0 Å². The Kier molecular flexibility index (Phi) is 8.79. The summed E-state index contributed by atoms with van der Waals surface area (Å²) in [6, 6.07) is 18.0.